The van der Waals surface area contributed by atoms with Crippen LogP contribution in [0.4, 0.5) is 4.79 Å². The van der Waals surface area contributed by atoms with Crippen molar-refractivity contribution in [2.24, 2.45) is 0 Å². The molecule has 0 aliphatic carbocycles. The summed E-state index contributed by atoms with van der Waals surface area (Å²) in [6, 6.07) is 9.45. The zero-order chi connectivity index (χ0) is 17.5. The zero-order valence-electron chi connectivity index (χ0n) is 14.5. The lowest BCUT2D eigenvalue weighted by Gasteiger charge is -2.30. The quantitative estimate of drug-likeness (QED) is 0.750. The second-order valence-electron chi connectivity index (χ2n) is 5.72. The average Bonchev–Trinajstić information content (AvgIpc) is 2.54. The Morgan fingerprint density at radius 3 is 2.54 bits per heavy atom. The Kier molecular flexibility index (Phi) is 6.37. The summed E-state index contributed by atoms with van der Waals surface area (Å²) in [5, 5.41) is 5.49. The van der Waals surface area contributed by atoms with E-state index < -0.39 is 0 Å². The van der Waals surface area contributed by atoms with E-state index in [0.717, 1.165) is 13.1 Å². The summed E-state index contributed by atoms with van der Waals surface area (Å²) in [4.78, 5) is 26.2. The summed E-state index contributed by atoms with van der Waals surface area (Å²) >= 11 is 0. The van der Waals surface area contributed by atoms with Crippen molar-refractivity contribution in [2.75, 3.05) is 19.7 Å². The van der Waals surface area contributed by atoms with Crippen molar-refractivity contribution in [3.8, 4) is 0 Å². The fourth-order valence-electron chi connectivity index (χ4n) is 2.75. The topological polar surface area (TPSA) is 70.7 Å². The molecule has 1 atom stereocenters. The molecule has 0 aromatic heterocycles. The van der Waals surface area contributed by atoms with E-state index in [4.69, 9.17) is 4.74 Å². The largest absolute Gasteiger partial charge is 0.463 e. The van der Waals surface area contributed by atoms with E-state index in [1.807, 2.05) is 18.2 Å². The fraction of sp³-hybridized carbons (Fsp3) is 0.444. The van der Waals surface area contributed by atoms with E-state index in [2.05, 4.69) is 34.6 Å². The zero-order valence-corrected chi connectivity index (χ0v) is 14.5. The van der Waals surface area contributed by atoms with E-state index in [-0.39, 0.29) is 18.0 Å². The normalized spacial score (nSPS) is 17.5. The van der Waals surface area contributed by atoms with Crippen LogP contribution in [0.3, 0.4) is 0 Å². The molecule has 1 aliphatic heterocycles. The number of hydrogen-bond donors (Lipinski definition) is 2. The molecule has 1 heterocycles. The van der Waals surface area contributed by atoms with Crippen molar-refractivity contribution >= 4 is 12.0 Å². The molecule has 6 nitrogen and oxygen atoms in total. The Bertz CT molecular complexity index is 613. The van der Waals surface area contributed by atoms with E-state index in [1.54, 1.807) is 13.8 Å². The molecule has 0 saturated heterocycles. The van der Waals surface area contributed by atoms with Crippen molar-refractivity contribution in [1.29, 1.82) is 0 Å². The van der Waals surface area contributed by atoms with Crippen LogP contribution in [0.2, 0.25) is 0 Å². The molecule has 130 valence electrons. The Morgan fingerprint density at radius 2 is 1.92 bits per heavy atom. The van der Waals surface area contributed by atoms with Gasteiger partial charge in [-0.15, -0.1) is 0 Å². The molecule has 6 heteroatoms. The van der Waals surface area contributed by atoms with Crippen molar-refractivity contribution in [1.82, 2.24) is 15.5 Å². The molecule has 2 rings (SSSR count). The van der Waals surface area contributed by atoms with Gasteiger partial charge in [-0.1, -0.05) is 37.3 Å². The number of benzene rings is 1. The summed E-state index contributed by atoms with van der Waals surface area (Å²) in [5.41, 5.74) is 2.29. The first-order valence-electron chi connectivity index (χ1n) is 8.29. The number of urea groups is 1. The number of carbonyl (C=O) groups is 2. The van der Waals surface area contributed by atoms with E-state index >= 15 is 0 Å². The molecule has 1 aromatic carbocycles. The number of carbonyl (C=O) groups excluding carboxylic acids is 2. The summed E-state index contributed by atoms with van der Waals surface area (Å²) < 4.78 is 5.14. The maximum atomic E-state index is 12.3. The molecule has 2 N–H and O–H groups in total. The van der Waals surface area contributed by atoms with Gasteiger partial charge in [-0.3, -0.25) is 4.90 Å². The Balaban J connectivity index is 2.21. The maximum Gasteiger partial charge on any atom is 0.337 e. The molecule has 0 saturated carbocycles. The van der Waals surface area contributed by atoms with Gasteiger partial charge in [-0.25, -0.2) is 9.59 Å². The standard InChI is InChI=1S/C18H25N3O3/c1-4-21(11-14-9-7-6-8-10-14)12-15-16(17(22)24-5-2)13(3)19-18(23)20-15/h6-10,13H,4-5,11-12H2,1-3H3,(H2,19,20,23). The molecule has 0 radical (unpaired) electrons. The minimum Gasteiger partial charge on any atom is -0.463 e. The van der Waals surface area contributed by atoms with Crippen LogP contribution in [0.1, 0.15) is 26.3 Å². The SMILES string of the molecule is CCOC(=O)C1=C(CN(CC)Cc2ccccc2)NC(=O)NC1C. The third kappa shape index (κ3) is 4.58. The number of nitrogens with zero attached hydrogens (tertiary/aromatic N) is 1. The first-order chi connectivity index (χ1) is 11.5. The van der Waals surface area contributed by atoms with Gasteiger partial charge in [-0.2, -0.15) is 0 Å². The Hall–Kier alpha value is -2.34. The van der Waals surface area contributed by atoms with Crippen molar-refractivity contribution in [3.63, 3.8) is 0 Å². The number of hydrogen-bond acceptors (Lipinski definition) is 4. The van der Waals surface area contributed by atoms with Gasteiger partial charge in [0.2, 0.25) is 0 Å². The van der Waals surface area contributed by atoms with Gasteiger partial charge in [0.15, 0.2) is 0 Å². The smallest absolute Gasteiger partial charge is 0.337 e. The lowest BCUT2D eigenvalue weighted by molar-refractivity contribution is -0.139. The second kappa shape index (κ2) is 8.49. The summed E-state index contributed by atoms with van der Waals surface area (Å²) in [6.07, 6.45) is 0. The molecule has 1 aromatic rings. The van der Waals surface area contributed by atoms with Gasteiger partial charge in [0, 0.05) is 18.8 Å². The van der Waals surface area contributed by atoms with Crippen LogP contribution >= 0.6 is 0 Å². The monoisotopic (exact) mass is 331 g/mol. The van der Waals surface area contributed by atoms with Gasteiger partial charge in [0.1, 0.15) is 0 Å². The highest BCUT2D eigenvalue weighted by Gasteiger charge is 2.30. The molecule has 0 fully saturated rings. The Morgan fingerprint density at radius 1 is 1.21 bits per heavy atom. The third-order valence-electron chi connectivity index (χ3n) is 3.94. The highest BCUT2D eigenvalue weighted by molar-refractivity contribution is 5.94. The lowest BCUT2D eigenvalue weighted by Crippen LogP contribution is -2.51. The molecule has 0 spiro atoms. The van der Waals surface area contributed by atoms with Crippen LogP contribution in [0.5, 0.6) is 0 Å². The number of amides is 2. The van der Waals surface area contributed by atoms with Gasteiger partial charge in [-0.05, 0) is 26.0 Å². The average molecular weight is 331 g/mol. The van der Waals surface area contributed by atoms with Crippen LogP contribution < -0.4 is 10.6 Å². The molecule has 24 heavy (non-hydrogen) atoms. The summed E-state index contributed by atoms with van der Waals surface area (Å²) in [6.45, 7) is 7.94. The number of likely N-dealkylation sites (N-methyl/N-ethyl adjacent to an activating group) is 1. The third-order valence-corrected chi connectivity index (χ3v) is 3.94. The van der Waals surface area contributed by atoms with Crippen LogP contribution in [0.25, 0.3) is 0 Å². The summed E-state index contributed by atoms with van der Waals surface area (Å²) in [5.74, 6) is -0.386. The molecule has 2 amide bonds. The van der Waals surface area contributed by atoms with E-state index in [0.29, 0.717) is 24.4 Å². The number of rotatable bonds is 7. The minimum absolute atomic E-state index is 0.290. The molecular formula is C18H25N3O3. The first-order valence-corrected chi connectivity index (χ1v) is 8.29. The lowest BCUT2D eigenvalue weighted by atomic mass is 10.0. The predicted molar refractivity (Wildman–Crippen MR) is 92.2 cm³/mol. The van der Waals surface area contributed by atoms with Crippen LogP contribution in [0.15, 0.2) is 41.6 Å². The van der Waals surface area contributed by atoms with Crippen molar-refractivity contribution in [2.45, 2.75) is 33.4 Å². The number of nitrogens with one attached hydrogen (secondary N) is 2. The summed E-state index contributed by atoms with van der Waals surface area (Å²) in [7, 11) is 0. The fourth-order valence-corrected chi connectivity index (χ4v) is 2.75. The molecule has 0 bridgehead atoms. The molecule has 1 aliphatic rings. The number of ether oxygens (including phenoxy) is 1. The maximum absolute atomic E-state index is 12.3. The molecule has 1 unspecified atom stereocenters. The highest BCUT2D eigenvalue weighted by atomic mass is 16.5. The van der Waals surface area contributed by atoms with Crippen LogP contribution in [0, 0.1) is 0 Å². The highest BCUT2D eigenvalue weighted by Crippen LogP contribution is 2.16. The van der Waals surface area contributed by atoms with E-state index in [9.17, 15) is 9.59 Å². The minimum atomic E-state index is -0.386. The van der Waals surface area contributed by atoms with Crippen LogP contribution in [-0.2, 0) is 16.1 Å². The molecular weight excluding hydrogens is 306 g/mol. The Labute approximate surface area is 142 Å². The first kappa shape index (κ1) is 18.0. The second-order valence-corrected chi connectivity index (χ2v) is 5.72. The van der Waals surface area contributed by atoms with Gasteiger partial charge < -0.3 is 15.4 Å². The van der Waals surface area contributed by atoms with E-state index in [1.165, 1.54) is 5.56 Å². The van der Waals surface area contributed by atoms with Gasteiger partial charge in [0.05, 0.1) is 18.2 Å². The predicted octanol–water partition coefficient (Wildman–Crippen LogP) is 2.03. The van der Waals surface area contributed by atoms with Gasteiger partial charge >= 0.3 is 12.0 Å². The van der Waals surface area contributed by atoms with Crippen molar-refractivity contribution in [3.05, 3.63) is 47.2 Å². The number of esters is 1. The van der Waals surface area contributed by atoms with Crippen molar-refractivity contribution < 1.29 is 14.3 Å². The van der Waals surface area contributed by atoms with Crippen LogP contribution in [-0.4, -0.2) is 42.6 Å². The van der Waals surface area contributed by atoms with Gasteiger partial charge in [0.25, 0.3) is 0 Å².